The van der Waals surface area contributed by atoms with E-state index in [-0.39, 0.29) is 11.9 Å². The first kappa shape index (κ1) is 12.9. The second-order valence-electron chi connectivity index (χ2n) is 5.30. The van der Waals surface area contributed by atoms with E-state index in [2.05, 4.69) is 15.5 Å². The maximum absolute atomic E-state index is 11.9. The first-order valence-electron chi connectivity index (χ1n) is 6.87. The molecule has 0 saturated heterocycles. The van der Waals surface area contributed by atoms with Crippen molar-refractivity contribution in [3.05, 3.63) is 36.5 Å². The molecule has 1 fully saturated rings. The van der Waals surface area contributed by atoms with Gasteiger partial charge in [-0.05, 0) is 37.0 Å². The van der Waals surface area contributed by atoms with Gasteiger partial charge in [-0.2, -0.15) is 5.10 Å². The molecule has 0 bridgehead atoms. The van der Waals surface area contributed by atoms with Crippen LogP contribution in [0.2, 0.25) is 0 Å². The first-order chi connectivity index (χ1) is 9.72. The molecule has 1 heterocycles. The van der Waals surface area contributed by atoms with Gasteiger partial charge in [0.15, 0.2) is 0 Å². The number of carbonyl (C=O) groups excluding carboxylic acids is 1. The van der Waals surface area contributed by atoms with Crippen LogP contribution >= 0.6 is 0 Å². The molecule has 0 spiro atoms. The number of benzene rings is 1. The van der Waals surface area contributed by atoms with E-state index in [1.165, 1.54) is 0 Å². The second kappa shape index (κ2) is 5.46. The second-order valence-corrected chi connectivity index (χ2v) is 5.30. The van der Waals surface area contributed by atoms with E-state index < -0.39 is 0 Å². The van der Waals surface area contributed by atoms with Crippen molar-refractivity contribution >= 4 is 11.6 Å². The molecule has 0 radical (unpaired) electrons. The Morgan fingerprint density at radius 2 is 2.30 bits per heavy atom. The maximum atomic E-state index is 11.9. The van der Waals surface area contributed by atoms with Crippen LogP contribution in [0.3, 0.4) is 0 Å². The Labute approximate surface area is 117 Å². The fourth-order valence-corrected chi connectivity index (χ4v) is 2.30. The smallest absolute Gasteiger partial charge is 0.225 e. The Balaban J connectivity index is 1.65. The van der Waals surface area contributed by atoms with Crippen molar-refractivity contribution in [1.82, 2.24) is 10.2 Å². The number of hydrogen-bond acceptors (Lipinski definition) is 3. The standard InChI is InChI=1S/C15H18N4O/c16-13(10-4-5-10)9-15(20)18-12-3-1-2-11(8-12)14-6-7-17-19-14/h1-3,6-8,10,13H,4-5,9,16H2,(H,17,19)(H,18,20). The fraction of sp³-hybridized carbons (Fsp3) is 0.333. The Bertz CT molecular complexity index is 590. The van der Waals surface area contributed by atoms with Gasteiger partial charge < -0.3 is 11.1 Å². The lowest BCUT2D eigenvalue weighted by Crippen LogP contribution is -2.28. The summed E-state index contributed by atoms with van der Waals surface area (Å²) in [5.74, 6) is 0.517. The normalized spacial score (nSPS) is 15.8. The number of anilines is 1. The number of hydrogen-bond donors (Lipinski definition) is 3. The lowest BCUT2D eigenvalue weighted by atomic mass is 10.1. The topological polar surface area (TPSA) is 83.8 Å². The Morgan fingerprint density at radius 3 is 3.00 bits per heavy atom. The lowest BCUT2D eigenvalue weighted by molar-refractivity contribution is -0.116. The van der Waals surface area contributed by atoms with Crippen LogP contribution in [-0.2, 0) is 4.79 Å². The van der Waals surface area contributed by atoms with Gasteiger partial charge in [0, 0.05) is 29.9 Å². The summed E-state index contributed by atoms with van der Waals surface area (Å²) in [4.78, 5) is 11.9. The number of rotatable bonds is 5. The Kier molecular flexibility index (Phi) is 3.52. The zero-order valence-corrected chi connectivity index (χ0v) is 11.2. The summed E-state index contributed by atoms with van der Waals surface area (Å²) in [6, 6.07) is 9.57. The van der Waals surface area contributed by atoms with Crippen LogP contribution in [0.25, 0.3) is 11.3 Å². The molecule has 1 aliphatic carbocycles. The van der Waals surface area contributed by atoms with E-state index in [1.54, 1.807) is 6.20 Å². The van der Waals surface area contributed by atoms with Crippen LogP contribution < -0.4 is 11.1 Å². The molecular weight excluding hydrogens is 252 g/mol. The van der Waals surface area contributed by atoms with E-state index in [9.17, 15) is 4.79 Å². The molecule has 1 amide bonds. The summed E-state index contributed by atoms with van der Waals surface area (Å²) < 4.78 is 0. The lowest BCUT2D eigenvalue weighted by Gasteiger charge is -2.11. The third-order valence-electron chi connectivity index (χ3n) is 3.61. The molecule has 1 saturated carbocycles. The molecule has 1 aromatic carbocycles. The van der Waals surface area contributed by atoms with Gasteiger partial charge in [-0.1, -0.05) is 12.1 Å². The summed E-state index contributed by atoms with van der Waals surface area (Å²) in [5, 5.41) is 9.74. The summed E-state index contributed by atoms with van der Waals surface area (Å²) in [6.07, 6.45) is 4.40. The SMILES string of the molecule is NC(CC(=O)Nc1cccc(-c2ccn[nH]2)c1)C1CC1. The highest BCUT2D eigenvalue weighted by Crippen LogP contribution is 2.32. The van der Waals surface area contributed by atoms with Crippen LogP contribution in [0.15, 0.2) is 36.5 Å². The summed E-state index contributed by atoms with van der Waals surface area (Å²) >= 11 is 0. The van der Waals surface area contributed by atoms with Crippen LogP contribution in [0.5, 0.6) is 0 Å². The highest BCUT2D eigenvalue weighted by Gasteiger charge is 2.29. The molecule has 4 N–H and O–H groups in total. The van der Waals surface area contributed by atoms with Gasteiger partial charge in [-0.25, -0.2) is 0 Å². The third kappa shape index (κ3) is 3.05. The zero-order chi connectivity index (χ0) is 13.9. The summed E-state index contributed by atoms with van der Waals surface area (Å²) in [5.41, 5.74) is 8.67. The molecule has 20 heavy (non-hydrogen) atoms. The molecule has 3 rings (SSSR count). The highest BCUT2D eigenvalue weighted by molar-refractivity contribution is 5.91. The predicted octanol–water partition coefficient (Wildman–Crippen LogP) is 2.14. The molecule has 1 atom stereocenters. The van der Waals surface area contributed by atoms with Crippen molar-refractivity contribution in [3.8, 4) is 11.3 Å². The van der Waals surface area contributed by atoms with Crippen molar-refractivity contribution < 1.29 is 4.79 Å². The van der Waals surface area contributed by atoms with Crippen LogP contribution in [0.1, 0.15) is 19.3 Å². The fourth-order valence-electron chi connectivity index (χ4n) is 2.30. The number of nitrogens with zero attached hydrogens (tertiary/aromatic N) is 1. The first-order valence-corrected chi connectivity index (χ1v) is 6.87. The van der Waals surface area contributed by atoms with E-state index in [0.717, 1.165) is 29.8 Å². The quantitative estimate of drug-likeness (QED) is 0.778. The van der Waals surface area contributed by atoms with Crippen LogP contribution in [0.4, 0.5) is 5.69 Å². The molecule has 2 aromatic rings. The minimum atomic E-state index is -0.0221. The number of aromatic amines is 1. The van der Waals surface area contributed by atoms with Crippen LogP contribution in [-0.4, -0.2) is 22.1 Å². The number of amides is 1. The Hall–Kier alpha value is -2.14. The maximum Gasteiger partial charge on any atom is 0.225 e. The molecular formula is C15H18N4O. The van der Waals surface area contributed by atoms with Gasteiger partial charge in [0.1, 0.15) is 0 Å². The van der Waals surface area contributed by atoms with Crippen molar-refractivity contribution in [2.75, 3.05) is 5.32 Å². The number of nitrogens with two attached hydrogens (primary N) is 1. The van der Waals surface area contributed by atoms with E-state index >= 15 is 0 Å². The largest absolute Gasteiger partial charge is 0.327 e. The van der Waals surface area contributed by atoms with E-state index in [4.69, 9.17) is 5.73 Å². The predicted molar refractivity (Wildman–Crippen MR) is 78.0 cm³/mol. The third-order valence-corrected chi connectivity index (χ3v) is 3.61. The van der Waals surface area contributed by atoms with E-state index in [0.29, 0.717) is 12.3 Å². The molecule has 5 heteroatoms. The zero-order valence-electron chi connectivity index (χ0n) is 11.2. The van der Waals surface area contributed by atoms with Gasteiger partial charge in [0.25, 0.3) is 0 Å². The molecule has 104 valence electrons. The average Bonchev–Trinajstić information content (AvgIpc) is 3.14. The van der Waals surface area contributed by atoms with Crippen molar-refractivity contribution in [2.24, 2.45) is 11.7 Å². The van der Waals surface area contributed by atoms with Gasteiger partial charge in [0.2, 0.25) is 5.91 Å². The number of aromatic nitrogens is 2. The number of nitrogens with one attached hydrogen (secondary N) is 2. The molecule has 5 nitrogen and oxygen atoms in total. The molecule has 1 aromatic heterocycles. The molecule has 1 unspecified atom stereocenters. The highest BCUT2D eigenvalue weighted by atomic mass is 16.1. The van der Waals surface area contributed by atoms with Crippen molar-refractivity contribution in [3.63, 3.8) is 0 Å². The minimum absolute atomic E-state index is 0.00853. The number of carbonyl (C=O) groups is 1. The summed E-state index contributed by atoms with van der Waals surface area (Å²) in [7, 11) is 0. The van der Waals surface area contributed by atoms with Gasteiger partial charge in [0.05, 0.1) is 5.69 Å². The van der Waals surface area contributed by atoms with Crippen molar-refractivity contribution in [1.29, 1.82) is 0 Å². The molecule has 1 aliphatic rings. The van der Waals surface area contributed by atoms with Crippen molar-refractivity contribution in [2.45, 2.75) is 25.3 Å². The summed E-state index contributed by atoms with van der Waals surface area (Å²) in [6.45, 7) is 0. The monoisotopic (exact) mass is 270 g/mol. The van der Waals surface area contributed by atoms with Gasteiger partial charge >= 0.3 is 0 Å². The minimum Gasteiger partial charge on any atom is -0.327 e. The van der Waals surface area contributed by atoms with Gasteiger partial charge in [-0.3, -0.25) is 9.89 Å². The number of H-pyrrole nitrogens is 1. The average molecular weight is 270 g/mol. The molecule has 0 aliphatic heterocycles. The van der Waals surface area contributed by atoms with Crippen LogP contribution in [0, 0.1) is 5.92 Å². The van der Waals surface area contributed by atoms with Gasteiger partial charge in [-0.15, -0.1) is 0 Å². The van der Waals surface area contributed by atoms with E-state index in [1.807, 2.05) is 30.3 Å². The Morgan fingerprint density at radius 1 is 1.45 bits per heavy atom.